The number of piperazine rings is 1. The van der Waals surface area contributed by atoms with E-state index in [0.29, 0.717) is 0 Å². The van der Waals surface area contributed by atoms with Crippen LogP contribution in [0.5, 0.6) is 0 Å². The number of nitrogens with zero attached hydrogens (tertiary/aromatic N) is 1. The zero-order chi connectivity index (χ0) is 12.5. The Balaban J connectivity index is 2.19. The van der Waals surface area contributed by atoms with Crippen molar-refractivity contribution in [2.75, 3.05) is 6.54 Å². The normalized spacial score (nSPS) is 24.9. The van der Waals surface area contributed by atoms with Crippen molar-refractivity contribution in [3.8, 4) is 0 Å². The molecule has 2 rings (SSSR count). The molecule has 1 heterocycles. The van der Waals surface area contributed by atoms with Gasteiger partial charge in [-0.15, -0.1) is 6.58 Å². The van der Waals surface area contributed by atoms with Gasteiger partial charge < -0.3 is 10.2 Å². The molecular formula is C13H20N2O2. The Bertz CT molecular complexity index is 345. The molecule has 0 radical (unpaired) electrons. The molecule has 4 nitrogen and oxygen atoms in total. The highest BCUT2D eigenvalue weighted by atomic mass is 16.2. The lowest BCUT2D eigenvalue weighted by Crippen LogP contribution is -2.66. The first kappa shape index (κ1) is 12.1. The molecule has 1 atom stereocenters. The van der Waals surface area contributed by atoms with Crippen LogP contribution in [-0.4, -0.2) is 34.8 Å². The molecule has 0 bridgehead atoms. The summed E-state index contributed by atoms with van der Waals surface area (Å²) in [6, 6.07) is 0.0588. The second-order valence-corrected chi connectivity index (χ2v) is 5.14. The van der Waals surface area contributed by atoms with Gasteiger partial charge in [-0.1, -0.05) is 18.9 Å². The third kappa shape index (κ3) is 2.08. The van der Waals surface area contributed by atoms with Crippen molar-refractivity contribution in [1.82, 2.24) is 10.2 Å². The lowest BCUT2D eigenvalue weighted by molar-refractivity contribution is -0.151. The van der Waals surface area contributed by atoms with E-state index in [2.05, 4.69) is 11.9 Å². The maximum absolute atomic E-state index is 12.5. The Morgan fingerprint density at radius 3 is 2.71 bits per heavy atom. The van der Waals surface area contributed by atoms with E-state index in [0.717, 1.165) is 32.1 Å². The summed E-state index contributed by atoms with van der Waals surface area (Å²) >= 11 is 0. The monoisotopic (exact) mass is 236 g/mol. The number of rotatable bonds is 3. The summed E-state index contributed by atoms with van der Waals surface area (Å²) in [4.78, 5) is 26.0. The van der Waals surface area contributed by atoms with Gasteiger partial charge in [0.25, 0.3) is 0 Å². The van der Waals surface area contributed by atoms with Gasteiger partial charge in [-0.05, 0) is 26.2 Å². The molecule has 0 aromatic rings. The summed E-state index contributed by atoms with van der Waals surface area (Å²) < 4.78 is 0. The Morgan fingerprint density at radius 2 is 2.12 bits per heavy atom. The van der Waals surface area contributed by atoms with Gasteiger partial charge in [0.2, 0.25) is 11.8 Å². The van der Waals surface area contributed by atoms with Gasteiger partial charge >= 0.3 is 0 Å². The molecule has 1 aliphatic carbocycles. The highest BCUT2D eigenvalue weighted by Gasteiger charge is 2.48. The smallest absolute Gasteiger partial charge is 0.249 e. The van der Waals surface area contributed by atoms with Crippen molar-refractivity contribution in [3.63, 3.8) is 0 Å². The van der Waals surface area contributed by atoms with Gasteiger partial charge in [-0.2, -0.15) is 0 Å². The van der Waals surface area contributed by atoms with Crippen LogP contribution in [0, 0.1) is 0 Å². The molecular weight excluding hydrogens is 216 g/mol. The third-order valence-electron chi connectivity index (χ3n) is 3.86. The summed E-state index contributed by atoms with van der Waals surface area (Å²) in [6.45, 7) is 5.85. The van der Waals surface area contributed by atoms with Crippen molar-refractivity contribution in [3.05, 3.63) is 12.7 Å². The fourth-order valence-corrected chi connectivity index (χ4v) is 2.90. The summed E-state index contributed by atoms with van der Waals surface area (Å²) in [7, 11) is 0. The molecule has 1 spiro atoms. The molecule has 0 aromatic heterocycles. The van der Waals surface area contributed by atoms with Crippen LogP contribution in [0.2, 0.25) is 0 Å². The predicted octanol–water partition coefficient (Wildman–Crippen LogP) is 1.22. The van der Waals surface area contributed by atoms with Gasteiger partial charge in [-0.25, -0.2) is 0 Å². The van der Waals surface area contributed by atoms with E-state index in [1.54, 1.807) is 11.0 Å². The fourth-order valence-electron chi connectivity index (χ4n) is 2.90. The lowest BCUT2D eigenvalue weighted by Gasteiger charge is -2.42. The van der Waals surface area contributed by atoms with Crippen molar-refractivity contribution in [1.29, 1.82) is 0 Å². The minimum atomic E-state index is -0.592. The van der Waals surface area contributed by atoms with Gasteiger partial charge in [0.1, 0.15) is 5.54 Å². The van der Waals surface area contributed by atoms with Crippen molar-refractivity contribution < 1.29 is 9.59 Å². The van der Waals surface area contributed by atoms with E-state index in [9.17, 15) is 9.59 Å². The van der Waals surface area contributed by atoms with Crippen molar-refractivity contribution in [2.45, 2.75) is 50.6 Å². The summed E-state index contributed by atoms with van der Waals surface area (Å²) in [5, 5.41) is 2.91. The molecule has 0 aromatic carbocycles. The van der Waals surface area contributed by atoms with Crippen LogP contribution in [0.25, 0.3) is 0 Å². The maximum Gasteiger partial charge on any atom is 0.249 e. The van der Waals surface area contributed by atoms with E-state index < -0.39 is 5.54 Å². The summed E-state index contributed by atoms with van der Waals surface area (Å²) in [5.41, 5.74) is -0.592. The first-order valence-electron chi connectivity index (χ1n) is 6.32. The summed E-state index contributed by atoms with van der Waals surface area (Å²) in [6.07, 6.45) is 6.15. The average Bonchev–Trinajstić information content (AvgIpc) is 2.73. The van der Waals surface area contributed by atoms with Crippen LogP contribution in [0.15, 0.2) is 12.7 Å². The second kappa shape index (κ2) is 4.51. The molecule has 2 fully saturated rings. The van der Waals surface area contributed by atoms with Crippen molar-refractivity contribution in [2.24, 2.45) is 0 Å². The van der Waals surface area contributed by atoms with Crippen LogP contribution in [0.1, 0.15) is 39.0 Å². The van der Waals surface area contributed by atoms with Gasteiger partial charge in [0.05, 0.1) is 6.54 Å². The minimum absolute atomic E-state index is 0.0255. The SMILES string of the molecule is C=CCC(C)N1CC(=O)NC2(CCCC2)C1=O. The largest absolute Gasteiger partial charge is 0.340 e. The van der Waals surface area contributed by atoms with E-state index in [-0.39, 0.29) is 24.4 Å². The minimum Gasteiger partial charge on any atom is -0.340 e. The third-order valence-corrected chi connectivity index (χ3v) is 3.86. The van der Waals surface area contributed by atoms with Gasteiger partial charge in [0.15, 0.2) is 0 Å². The molecule has 17 heavy (non-hydrogen) atoms. The Kier molecular flexibility index (Phi) is 3.22. The van der Waals surface area contributed by atoms with Gasteiger partial charge in [0, 0.05) is 6.04 Å². The first-order chi connectivity index (χ1) is 8.09. The maximum atomic E-state index is 12.5. The van der Waals surface area contributed by atoms with E-state index >= 15 is 0 Å². The quantitative estimate of drug-likeness (QED) is 0.749. The molecule has 1 unspecified atom stereocenters. The molecule has 94 valence electrons. The second-order valence-electron chi connectivity index (χ2n) is 5.14. The van der Waals surface area contributed by atoms with Crippen LogP contribution in [0.4, 0.5) is 0 Å². The number of carbonyl (C=O) groups excluding carboxylic acids is 2. The molecule has 1 N–H and O–H groups in total. The molecule has 1 saturated heterocycles. The Morgan fingerprint density at radius 1 is 1.47 bits per heavy atom. The lowest BCUT2D eigenvalue weighted by atomic mass is 9.92. The number of hydrogen-bond acceptors (Lipinski definition) is 2. The number of hydrogen-bond donors (Lipinski definition) is 1. The van der Waals surface area contributed by atoms with Crippen LogP contribution in [0.3, 0.4) is 0 Å². The van der Waals surface area contributed by atoms with E-state index in [1.807, 2.05) is 6.92 Å². The fraction of sp³-hybridized carbons (Fsp3) is 0.692. The highest BCUT2D eigenvalue weighted by Crippen LogP contribution is 2.34. The number of amides is 2. The van der Waals surface area contributed by atoms with Gasteiger partial charge in [-0.3, -0.25) is 9.59 Å². The first-order valence-corrected chi connectivity index (χ1v) is 6.32. The Hall–Kier alpha value is -1.32. The zero-order valence-electron chi connectivity index (χ0n) is 10.4. The highest BCUT2D eigenvalue weighted by molar-refractivity contribution is 5.98. The van der Waals surface area contributed by atoms with E-state index in [1.165, 1.54) is 0 Å². The standard InChI is InChI=1S/C13H20N2O2/c1-3-6-10(2)15-9-11(16)14-13(12(15)17)7-4-5-8-13/h3,10H,1,4-9H2,2H3,(H,14,16). The molecule has 2 amide bonds. The Labute approximate surface area is 102 Å². The topological polar surface area (TPSA) is 49.4 Å². The zero-order valence-corrected chi connectivity index (χ0v) is 10.4. The van der Waals surface area contributed by atoms with Crippen molar-refractivity contribution >= 4 is 11.8 Å². The van der Waals surface area contributed by atoms with E-state index in [4.69, 9.17) is 0 Å². The average molecular weight is 236 g/mol. The number of nitrogens with one attached hydrogen (secondary N) is 1. The van der Waals surface area contributed by atoms with Crippen LogP contribution in [-0.2, 0) is 9.59 Å². The predicted molar refractivity (Wildman–Crippen MR) is 65.3 cm³/mol. The molecule has 4 heteroatoms. The molecule has 2 aliphatic rings. The van der Waals surface area contributed by atoms with Crippen LogP contribution < -0.4 is 5.32 Å². The van der Waals surface area contributed by atoms with Crippen LogP contribution >= 0.6 is 0 Å². The molecule has 1 saturated carbocycles. The summed E-state index contributed by atoms with van der Waals surface area (Å²) in [5.74, 6) is 0.0753. The molecule has 1 aliphatic heterocycles. The number of carbonyl (C=O) groups is 2.